The summed E-state index contributed by atoms with van der Waals surface area (Å²) in [4.78, 5) is 25.8. The Morgan fingerprint density at radius 1 is 1.28 bits per heavy atom. The average Bonchev–Trinajstić information content (AvgIpc) is 2.64. The average molecular weight is 338 g/mol. The number of para-hydroxylation sites is 1. The Morgan fingerprint density at radius 2 is 2.08 bits per heavy atom. The molecule has 1 amide bonds. The van der Waals surface area contributed by atoms with E-state index in [-0.39, 0.29) is 5.91 Å². The summed E-state index contributed by atoms with van der Waals surface area (Å²) < 4.78 is 0. The van der Waals surface area contributed by atoms with Crippen molar-refractivity contribution in [1.82, 2.24) is 14.9 Å². The Morgan fingerprint density at radius 3 is 2.88 bits per heavy atom. The quantitative estimate of drug-likeness (QED) is 0.833. The molecule has 1 aromatic heterocycles. The van der Waals surface area contributed by atoms with Crippen LogP contribution in [0.25, 0.3) is 0 Å². The monoisotopic (exact) mass is 338 g/mol. The van der Waals surface area contributed by atoms with E-state index in [0.717, 1.165) is 50.2 Å². The highest BCUT2D eigenvalue weighted by atomic mass is 16.2. The van der Waals surface area contributed by atoms with Gasteiger partial charge in [-0.3, -0.25) is 4.79 Å². The maximum atomic E-state index is 12.7. The number of aromatic nitrogens is 2. The van der Waals surface area contributed by atoms with Gasteiger partial charge in [-0.15, -0.1) is 0 Å². The Bertz CT molecular complexity index is 759. The number of nitrogens with zero attached hydrogens (tertiary/aromatic N) is 4. The number of fused-ring (bicyclic) bond motifs is 1. The van der Waals surface area contributed by atoms with Crippen LogP contribution in [0.4, 0.5) is 11.6 Å². The van der Waals surface area contributed by atoms with Gasteiger partial charge < -0.3 is 9.80 Å². The molecule has 0 N–H and O–H groups in total. The minimum Gasteiger partial charge on any atom is -0.340 e. The van der Waals surface area contributed by atoms with Crippen LogP contribution >= 0.6 is 0 Å². The Kier molecular flexibility index (Phi) is 5.31. The van der Waals surface area contributed by atoms with Gasteiger partial charge in [0, 0.05) is 31.5 Å². The molecule has 0 saturated heterocycles. The topological polar surface area (TPSA) is 49.3 Å². The summed E-state index contributed by atoms with van der Waals surface area (Å²) >= 11 is 0. The fraction of sp³-hybridized carbons (Fsp3) is 0.450. The second-order valence-electron chi connectivity index (χ2n) is 6.66. The summed E-state index contributed by atoms with van der Waals surface area (Å²) in [6, 6.07) is 10.1. The molecule has 5 nitrogen and oxygen atoms in total. The molecule has 0 atom stereocenters. The van der Waals surface area contributed by atoms with Crippen molar-refractivity contribution in [3.05, 3.63) is 47.3 Å². The van der Waals surface area contributed by atoms with Gasteiger partial charge in [0.05, 0.1) is 0 Å². The third kappa shape index (κ3) is 3.81. The molecule has 0 saturated carbocycles. The number of amides is 1. The predicted molar refractivity (Wildman–Crippen MR) is 100 cm³/mol. The van der Waals surface area contributed by atoms with Crippen LogP contribution in [0.1, 0.15) is 47.9 Å². The van der Waals surface area contributed by atoms with E-state index in [0.29, 0.717) is 11.6 Å². The van der Waals surface area contributed by atoms with E-state index in [1.165, 1.54) is 5.56 Å². The summed E-state index contributed by atoms with van der Waals surface area (Å²) in [7, 11) is 1.84. The number of anilines is 2. The van der Waals surface area contributed by atoms with E-state index in [9.17, 15) is 4.79 Å². The molecule has 25 heavy (non-hydrogen) atoms. The molecule has 0 bridgehead atoms. The van der Waals surface area contributed by atoms with E-state index in [1.807, 2.05) is 20.0 Å². The number of hydrogen-bond donors (Lipinski definition) is 0. The van der Waals surface area contributed by atoms with Crippen LogP contribution in [0.2, 0.25) is 0 Å². The van der Waals surface area contributed by atoms with Crippen molar-refractivity contribution in [3.63, 3.8) is 0 Å². The van der Waals surface area contributed by atoms with Crippen molar-refractivity contribution in [2.24, 2.45) is 0 Å². The molecule has 0 radical (unpaired) electrons. The van der Waals surface area contributed by atoms with Crippen molar-refractivity contribution in [3.8, 4) is 0 Å². The SMILES string of the molecule is CCCCN(C)C(=O)c1cc(C)nc(N2CCCc3ccccc32)n1. The lowest BCUT2D eigenvalue weighted by atomic mass is 10.0. The number of carbonyl (C=O) groups excluding carboxylic acids is 1. The summed E-state index contributed by atoms with van der Waals surface area (Å²) in [5, 5.41) is 0. The molecule has 2 heterocycles. The molecule has 0 fully saturated rings. The lowest BCUT2D eigenvalue weighted by molar-refractivity contribution is 0.0787. The van der Waals surface area contributed by atoms with Crippen molar-refractivity contribution in [1.29, 1.82) is 0 Å². The van der Waals surface area contributed by atoms with Crippen LogP contribution < -0.4 is 4.90 Å². The third-order valence-corrected chi connectivity index (χ3v) is 4.61. The lowest BCUT2D eigenvalue weighted by Gasteiger charge is -2.30. The molecular formula is C20H26N4O. The maximum absolute atomic E-state index is 12.7. The summed E-state index contributed by atoms with van der Waals surface area (Å²) in [6.07, 6.45) is 4.20. The van der Waals surface area contributed by atoms with Crippen LogP contribution in [0, 0.1) is 6.92 Å². The van der Waals surface area contributed by atoms with E-state index < -0.39 is 0 Å². The minimum absolute atomic E-state index is 0.0366. The highest BCUT2D eigenvalue weighted by Gasteiger charge is 2.22. The van der Waals surface area contributed by atoms with Crippen molar-refractivity contribution in [2.45, 2.75) is 39.5 Å². The van der Waals surface area contributed by atoms with Crippen LogP contribution in [0.5, 0.6) is 0 Å². The Labute approximate surface area is 149 Å². The molecule has 3 rings (SSSR count). The van der Waals surface area contributed by atoms with Gasteiger partial charge in [0.25, 0.3) is 5.91 Å². The van der Waals surface area contributed by atoms with Gasteiger partial charge >= 0.3 is 0 Å². The van der Waals surface area contributed by atoms with Gasteiger partial charge in [0.2, 0.25) is 5.95 Å². The number of benzene rings is 1. The highest BCUT2D eigenvalue weighted by molar-refractivity contribution is 5.92. The fourth-order valence-electron chi connectivity index (χ4n) is 3.22. The van der Waals surface area contributed by atoms with Crippen molar-refractivity contribution in [2.75, 3.05) is 25.0 Å². The summed E-state index contributed by atoms with van der Waals surface area (Å²) in [5.41, 5.74) is 3.76. The normalized spacial score (nSPS) is 13.5. The van der Waals surface area contributed by atoms with Crippen LogP contribution in [0.15, 0.2) is 30.3 Å². The first-order valence-corrected chi connectivity index (χ1v) is 9.06. The zero-order chi connectivity index (χ0) is 17.8. The predicted octanol–water partition coefficient (Wildman–Crippen LogP) is 3.74. The zero-order valence-corrected chi connectivity index (χ0v) is 15.3. The minimum atomic E-state index is -0.0366. The number of hydrogen-bond acceptors (Lipinski definition) is 4. The van der Waals surface area contributed by atoms with Gasteiger partial charge in [-0.1, -0.05) is 31.5 Å². The zero-order valence-electron chi connectivity index (χ0n) is 15.3. The third-order valence-electron chi connectivity index (χ3n) is 4.61. The number of carbonyl (C=O) groups is 1. The van der Waals surface area contributed by atoms with Gasteiger partial charge in [0.15, 0.2) is 0 Å². The molecule has 1 aromatic carbocycles. The van der Waals surface area contributed by atoms with Crippen LogP contribution in [-0.4, -0.2) is 40.9 Å². The molecule has 1 aliphatic rings. The van der Waals surface area contributed by atoms with E-state index in [4.69, 9.17) is 0 Å². The van der Waals surface area contributed by atoms with Crippen LogP contribution in [-0.2, 0) is 6.42 Å². The Balaban J connectivity index is 1.92. The lowest BCUT2D eigenvalue weighted by Crippen LogP contribution is -2.30. The largest absolute Gasteiger partial charge is 0.340 e. The number of rotatable bonds is 5. The van der Waals surface area contributed by atoms with Crippen molar-refractivity contribution < 1.29 is 4.79 Å². The van der Waals surface area contributed by atoms with Crippen LogP contribution in [0.3, 0.4) is 0 Å². The molecule has 0 spiro atoms. The van der Waals surface area contributed by atoms with Gasteiger partial charge in [-0.05, 0) is 43.9 Å². The fourth-order valence-corrected chi connectivity index (χ4v) is 3.22. The first-order chi connectivity index (χ1) is 12.1. The van der Waals surface area contributed by atoms with Gasteiger partial charge in [0.1, 0.15) is 5.69 Å². The van der Waals surface area contributed by atoms with E-state index in [1.54, 1.807) is 11.0 Å². The first kappa shape index (κ1) is 17.4. The standard InChI is InChI=1S/C20H26N4O/c1-4-5-12-23(3)19(25)17-14-15(2)21-20(22-17)24-13-8-10-16-9-6-7-11-18(16)24/h6-7,9,11,14H,4-5,8,10,12-13H2,1-3H3. The van der Waals surface area contributed by atoms with Crippen molar-refractivity contribution >= 4 is 17.5 Å². The molecule has 5 heteroatoms. The van der Waals surface area contributed by atoms with Gasteiger partial charge in [-0.2, -0.15) is 0 Å². The second kappa shape index (κ2) is 7.64. The number of unbranched alkanes of at least 4 members (excludes halogenated alkanes) is 1. The van der Waals surface area contributed by atoms with E-state index >= 15 is 0 Å². The summed E-state index contributed by atoms with van der Waals surface area (Å²) in [5.74, 6) is 0.588. The Hall–Kier alpha value is -2.43. The molecule has 132 valence electrons. The maximum Gasteiger partial charge on any atom is 0.272 e. The molecule has 2 aromatic rings. The molecule has 0 unspecified atom stereocenters. The smallest absolute Gasteiger partial charge is 0.272 e. The number of aryl methyl sites for hydroxylation is 2. The molecule has 1 aliphatic heterocycles. The summed E-state index contributed by atoms with van der Waals surface area (Å²) in [6.45, 7) is 5.67. The van der Waals surface area contributed by atoms with E-state index in [2.05, 4.69) is 40.0 Å². The molecule has 0 aliphatic carbocycles. The first-order valence-electron chi connectivity index (χ1n) is 9.06. The van der Waals surface area contributed by atoms with Gasteiger partial charge in [-0.25, -0.2) is 9.97 Å². The second-order valence-corrected chi connectivity index (χ2v) is 6.66. The molecular weight excluding hydrogens is 312 g/mol. The highest BCUT2D eigenvalue weighted by Crippen LogP contribution is 2.31.